The average Bonchev–Trinajstić information content (AvgIpc) is 1.55. The largest absolute Gasteiger partial charge is 0.481 e. The number of Topliss-reactive ketones (excluding diaryl/α,β-unsaturated/α-hetero) is 2. The summed E-state index contributed by atoms with van der Waals surface area (Å²) in [4.78, 5) is 75.0. The number of carbonyl (C=O) groups is 5. The molecule has 2 aromatic heterocycles. The standard InChI is InChI=1S/C34H41N3O4.C27H29N3O2.C3H6O3S.5O3S/c1-7-12-30(38)27-19-24(20-28(36-27)33(41)35-8-2)23-14-15-25-26(18-23)21(3)17-29-32(25)34(5,6)22(4)37(29)16-11-9-10-13-31(39)40;1-6-8-24(31)22-14-19(15-23(30-22)26(32)28-7-2)17-9-11-20-18(13-17)10-12-21-25(20)27(4,5)16(3)29-21;4-7(5)3-1-2-6-7;5*1-4(2)3/h14-15,17-20H,7-13,16H2,1-6H3,(H-,35,39,40,41);9-15H,6-8H2,1-5H3,(H,28,32);1-3H2;;;;;/p+1. The second kappa shape index (κ2) is 40.8. The van der Waals surface area contributed by atoms with Gasteiger partial charge in [0.2, 0.25) is 5.69 Å². The van der Waals surface area contributed by atoms with Gasteiger partial charge in [-0.1, -0.05) is 58.0 Å². The molecular weight excluding hydrogens is 1430 g/mol. The quantitative estimate of drug-likeness (QED) is 0.0321. The number of aromatic nitrogens is 2. The highest BCUT2D eigenvalue weighted by Crippen LogP contribution is 2.47. The Balaban J connectivity index is 0.000000502. The van der Waals surface area contributed by atoms with Gasteiger partial charge in [0, 0.05) is 68.5 Å². The molecule has 30 nitrogen and oxygen atoms in total. The number of carbonyl (C=O) groups excluding carboxylic acids is 4. The van der Waals surface area contributed by atoms with Crippen LogP contribution in [0.2, 0.25) is 0 Å². The number of rotatable bonds is 18. The molecule has 5 heterocycles. The van der Waals surface area contributed by atoms with E-state index in [1.165, 1.54) is 33.3 Å². The normalized spacial score (nSPS) is 13.4. The van der Waals surface area contributed by atoms with Crippen molar-refractivity contribution < 1.29 is 109 Å². The van der Waals surface area contributed by atoms with Crippen molar-refractivity contribution in [2.24, 2.45) is 4.99 Å². The second-order valence-electron chi connectivity index (χ2n) is 22.9. The van der Waals surface area contributed by atoms with Gasteiger partial charge in [-0.3, -0.25) is 33.1 Å². The van der Waals surface area contributed by atoms with Crippen molar-refractivity contribution in [2.45, 2.75) is 145 Å². The molecule has 3 aliphatic rings. The summed E-state index contributed by atoms with van der Waals surface area (Å²) in [5.74, 6) is -1.21. The predicted octanol–water partition coefficient (Wildman–Crippen LogP) is 7.72. The number of aliphatic carboxylic acids is 1. The molecule has 0 radical (unpaired) electrons. The van der Waals surface area contributed by atoms with E-state index in [0.29, 0.717) is 63.2 Å². The Hall–Kier alpha value is -9.20. The van der Waals surface area contributed by atoms with E-state index in [0.717, 1.165) is 75.8 Å². The van der Waals surface area contributed by atoms with Gasteiger partial charge in [0.1, 0.15) is 29.3 Å². The third kappa shape index (κ3) is 27.1. The van der Waals surface area contributed by atoms with Gasteiger partial charge in [0.15, 0.2) is 17.3 Å². The summed E-state index contributed by atoms with van der Waals surface area (Å²) in [7, 11) is -18.6. The maximum atomic E-state index is 12.8. The Morgan fingerprint density at radius 3 is 1.39 bits per heavy atom. The van der Waals surface area contributed by atoms with Crippen molar-refractivity contribution in [3.63, 3.8) is 0 Å². The minimum Gasteiger partial charge on any atom is -0.481 e. The number of benzene rings is 4. The highest BCUT2D eigenvalue weighted by molar-refractivity contribution is 7.86. The minimum atomic E-state index is -3.11. The molecule has 542 valence electrons. The lowest BCUT2D eigenvalue weighted by atomic mass is 9.79. The Bertz CT molecular complexity index is 4590. The van der Waals surface area contributed by atoms with Crippen LogP contribution in [0.5, 0.6) is 0 Å². The fraction of sp³-hybridized carbons (Fsp3) is 0.422. The Labute approximate surface area is 585 Å². The van der Waals surface area contributed by atoms with Gasteiger partial charge >= 0.3 is 59.0 Å². The molecule has 9 rings (SSSR count). The third-order valence-electron chi connectivity index (χ3n) is 15.4. The van der Waals surface area contributed by atoms with E-state index in [1.807, 2.05) is 27.7 Å². The molecule has 0 unspecified atom stereocenters. The zero-order valence-electron chi connectivity index (χ0n) is 56.5. The lowest BCUT2D eigenvalue weighted by Gasteiger charge is -2.22. The van der Waals surface area contributed by atoms with Crippen molar-refractivity contribution in [3.05, 3.63) is 118 Å². The number of nitrogens with zero attached hydrogens (tertiary/aromatic N) is 4. The summed E-state index contributed by atoms with van der Waals surface area (Å²) in [5, 5.41) is 19.2. The maximum Gasteiger partial charge on any atom is 0.425 e. The molecule has 1 saturated heterocycles. The average molecular weight is 1510 g/mol. The second-order valence-corrected chi connectivity index (χ2v) is 26.7. The Kier molecular flexibility index (Phi) is 35.4. The van der Waals surface area contributed by atoms with Gasteiger partial charge in [0.05, 0.1) is 23.5 Å². The molecule has 0 bridgehead atoms. The molecule has 2 amide bonds. The van der Waals surface area contributed by atoms with E-state index < -0.39 is 69.1 Å². The molecule has 0 atom stereocenters. The molecule has 3 aliphatic heterocycles. The molecule has 6 aromatic rings. The molecule has 100 heavy (non-hydrogen) atoms. The summed E-state index contributed by atoms with van der Waals surface area (Å²) < 4.78 is 154. The Morgan fingerprint density at radius 2 is 0.980 bits per heavy atom. The lowest BCUT2D eigenvalue weighted by molar-refractivity contribution is -0.439. The number of ketones is 2. The molecule has 4 aromatic carbocycles. The van der Waals surface area contributed by atoms with Crippen LogP contribution >= 0.6 is 0 Å². The fourth-order valence-corrected chi connectivity index (χ4v) is 11.7. The SMILES string of the molecule is CCCC(=O)c1cc(-c2ccc3c4c(cc(C)c3c2)[N+](CCCCCC(=O)O)=C(C)C4(C)C)cc(C(=O)NCC)n1.CCCC(=O)c1cc(-c2ccc3c4c(ccc3c2)N=C(C)C4(C)C)cc(C(=O)NCC)n1.O=S(=O)=O.O=S(=O)=O.O=S(=O)=O.O=S(=O)=O.O=S(=O)=O.O=S1(=O)CCCO1. The van der Waals surface area contributed by atoms with Crippen molar-refractivity contribution in [2.75, 3.05) is 32.0 Å². The highest BCUT2D eigenvalue weighted by Gasteiger charge is 2.44. The molecule has 3 N–H and O–H groups in total. The number of nitrogens with one attached hydrogen (secondary N) is 2. The monoisotopic (exact) mass is 1510 g/mol. The number of carboxylic acids is 1. The summed E-state index contributed by atoms with van der Waals surface area (Å²) in [6, 6.07) is 26.3. The van der Waals surface area contributed by atoms with Gasteiger partial charge < -0.3 is 15.7 Å². The maximum absolute atomic E-state index is 12.8. The van der Waals surface area contributed by atoms with E-state index in [9.17, 15) is 32.4 Å². The third-order valence-corrected chi connectivity index (χ3v) is 16.7. The minimum absolute atomic E-state index is 0.0483. The fourth-order valence-electron chi connectivity index (χ4n) is 10.7. The van der Waals surface area contributed by atoms with Crippen molar-refractivity contribution in [1.82, 2.24) is 20.6 Å². The lowest BCUT2D eigenvalue weighted by Crippen LogP contribution is -2.27. The Morgan fingerprint density at radius 1 is 0.530 bits per heavy atom. The molecular formula is C64H77N6O24S6+. The summed E-state index contributed by atoms with van der Waals surface area (Å²) in [6.45, 7) is 25.2. The van der Waals surface area contributed by atoms with Crippen LogP contribution in [-0.4, -0.2) is 164 Å². The van der Waals surface area contributed by atoms with Crippen LogP contribution in [0, 0.1) is 6.92 Å². The first-order valence-corrected chi connectivity index (χ1v) is 37.1. The van der Waals surface area contributed by atoms with Crippen molar-refractivity contribution in [1.29, 1.82) is 0 Å². The first-order valence-electron chi connectivity index (χ1n) is 30.5. The van der Waals surface area contributed by atoms with Crippen LogP contribution in [0.3, 0.4) is 0 Å². The number of pyridine rings is 2. The number of hydrogen-bond donors (Lipinski definition) is 3. The van der Waals surface area contributed by atoms with Crippen molar-refractivity contribution in [3.8, 4) is 22.3 Å². The number of aryl methyl sites for hydroxylation is 1. The zero-order valence-corrected chi connectivity index (χ0v) is 61.4. The predicted molar refractivity (Wildman–Crippen MR) is 367 cm³/mol. The van der Waals surface area contributed by atoms with Crippen LogP contribution < -0.4 is 10.6 Å². The van der Waals surface area contributed by atoms with Crippen LogP contribution in [0.4, 0.5) is 11.4 Å². The van der Waals surface area contributed by atoms with E-state index >= 15 is 0 Å². The summed E-state index contributed by atoms with van der Waals surface area (Å²) in [5.41, 5.74) is 12.8. The van der Waals surface area contributed by atoms with E-state index in [4.69, 9.17) is 73.2 Å². The summed E-state index contributed by atoms with van der Waals surface area (Å²) in [6.07, 6.45) is 5.63. The highest BCUT2D eigenvalue weighted by atomic mass is 32.2. The topological polar surface area (TPSA) is 470 Å². The van der Waals surface area contributed by atoms with E-state index in [1.54, 1.807) is 24.3 Å². The zero-order chi connectivity index (χ0) is 76.2. The number of unbranched alkanes of at least 4 members (excludes halogenated alkanes) is 2. The smallest absolute Gasteiger partial charge is 0.425 e. The number of aliphatic imine (C=N–C) groups is 1. The van der Waals surface area contributed by atoms with Gasteiger partial charge in [-0.15, -0.1) is 63.1 Å². The molecule has 36 heteroatoms. The first kappa shape index (κ1) is 86.9. The number of carboxylic acid groups (broad SMARTS) is 1. The van der Waals surface area contributed by atoms with Crippen LogP contribution in [0.15, 0.2) is 83.9 Å². The van der Waals surface area contributed by atoms with Gasteiger partial charge in [0.25, 0.3) is 21.9 Å². The summed E-state index contributed by atoms with van der Waals surface area (Å²) >= 11 is 0. The number of hydrogen-bond acceptors (Lipinski definition) is 26. The van der Waals surface area contributed by atoms with Gasteiger partial charge in [-0.25, -0.2) is 9.97 Å². The number of fused-ring (bicyclic) bond motifs is 6. The van der Waals surface area contributed by atoms with Gasteiger partial charge in [-0.2, -0.15) is 13.0 Å². The van der Waals surface area contributed by atoms with E-state index in [-0.39, 0.29) is 57.8 Å². The van der Waals surface area contributed by atoms with Crippen molar-refractivity contribution >= 4 is 137 Å². The molecule has 0 saturated carbocycles. The van der Waals surface area contributed by atoms with Crippen LogP contribution in [0.25, 0.3) is 43.8 Å². The molecule has 1 fully saturated rings. The van der Waals surface area contributed by atoms with Crippen LogP contribution in [0.1, 0.15) is 186 Å². The number of amides is 2. The first-order chi connectivity index (χ1) is 46.6. The molecule has 0 aliphatic carbocycles. The molecule has 0 spiro atoms. The van der Waals surface area contributed by atoms with Crippen LogP contribution in [-0.2, 0) is 83.0 Å². The van der Waals surface area contributed by atoms with Gasteiger partial charge in [-0.05, 0) is 171 Å². The van der Waals surface area contributed by atoms with E-state index in [2.05, 4.69) is 132 Å².